The van der Waals surface area contributed by atoms with E-state index in [1.54, 1.807) is 19.1 Å². The van der Waals surface area contributed by atoms with Crippen molar-refractivity contribution >= 4 is 43.2 Å². The van der Waals surface area contributed by atoms with Gasteiger partial charge in [-0.15, -0.1) is 0 Å². The Kier molecular flexibility index (Phi) is 6.50. The van der Waals surface area contributed by atoms with Crippen LogP contribution in [0.5, 0.6) is 5.75 Å². The molecule has 8 heteroatoms. The Bertz CT molecular complexity index is 1280. The summed E-state index contributed by atoms with van der Waals surface area (Å²) in [5.74, 6) is 0.356. The maximum absolute atomic E-state index is 13.1. The number of aryl methyl sites for hydroxylation is 2. The van der Waals surface area contributed by atoms with Crippen molar-refractivity contribution in [3.05, 3.63) is 81.8 Å². The number of carbonyl (C=O) groups is 1. The first-order valence-corrected chi connectivity index (χ1v) is 12.8. The van der Waals surface area contributed by atoms with Crippen LogP contribution in [0.25, 0.3) is 0 Å². The zero-order valence-electron chi connectivity index (χ0n) is 18.6. The van der Waals surface area contributed by atoms with E-state index in [1.165, 1.54) is 16.4 Å². The van der Waals surface area contributed by atoms with Crippen molar-refractivity contribution in [3.8, 4) is 5.75 Å². The number of halogens is 1. The largest absolute Gasteiger partial charge is 0.480 e. The molecule has 0 fully saturated rings. The van der Waals surface area contributed by atoms with Crippen LogP contribution in [0.1, 0.15) is 23.6 Å². The molecule has 1 heterocycles. The second-order valence-corrected chi connectivity index (χ2v) is 10.9. The number of ether oxygens (including phenoxy) is 1. The van der Waals surface area contributed by atoms with E-state index >= 15 is 0 Å². The maximum Gasteiger partial charge on any atom is 0.265 e. The molecule has 33 heavy (non-hydrogen) atoms. The summed E-state index contributed by atoms with van der Waals surface area (Å²) in [4.78, 5) is 12.8. The van der Waals surface area contributed by atoms with Crippen molar-refractivity contribution in [2.45, 2.75) is 38.2 Å². The van der Waals surface area contributed by atoms with Gasteiger partial charge in [-0.2, -0.15) is 0 Å². The van der Waals surface area contributed by atoms with Crippen molar-refractivity contribution in [1.29, 1.82) is 0 Å². The van der Waals surface area contributed by atoms with Gasteiger partial charge in [-0.3, -0.25) is 9.10 Å². The van der Waals surface area contributed by atoms with Crippen molar-refractivity contribution < 1.29 is 17.9 Å². The molecule has 0 saturated carbocycles. The lowest BCUT2D eigenvalue weighted by Crippen LogP contribution is -2.31. The molecule has 0 bridgehead atoms. The first-order valence-electron chi connectivity index (χ1n) is 10.6. The quantitative estimate of drug-likeness (QED) is 0.475. The predicted molar refractivity (Wildman–Crippen MR) is 133 cm³/mol. The van der Waals surface area contributed by atoms with Gasteiger partial charge in [0.25, 0.3) is 15.9 Å². The minimum absolute atomic E-state index is 0.183. The molecule has 1 atom stereocenters. The first-order chi connectivity index (χ1) is 15.7. The van der Waals surface area contributed by atoms with E-state index in [1.807, 2.05) is 50.2 Å². The molecule has 1 unspecified atom stereocenters. The average molecular weight is 529 g/mol. The van der Waals surface area contributed by atoms with Crippen LogP contribution in [0, 0.1) is 13.8 Å². The molecule has 172 valence electrons. The molecule has 0 aliphatic carbocycles. The van der Waals surface area contributed by atoms with E-state index in [4.69, 9.17) is 4.74 Å². The Balaban J connectivity index is 1.45. The maximum atomic E-state index is 13.1. The number of hydrogen-bond donors (Lipinski definition) is 1. The number of benzene rings is 3. The minimum atomic E-state index is -3.68. The zero-order chi connectivity index (χ0) is 23.8. The van der Waals surface area contributed by atoms with Crippen LogP contribution < -0.4 is 14.4 Å². The van der Waals surface area contributed by atoms with Crippen LogP contribution in [0.4, 0.5) is 11.4 Å². The lowest BCUT2D eigenvalue weighted by Gasteiger charge is -2.20. The Morgan fingerprint density at radius 3 is 2.36 bits per heavy atom. The van der Waals surface area contributed by atoms with Gasteiger partial charge in [0.2, 0.25) is 0 Å². The summed E-state index contributed by atoms with van der Waals surface area (Å²) in [7, 11) is -3.68. The molecule has 0 radical (unpaired) electrons. The van der Waals surface area contributed by atoms with E-state index < -0.39 is 16.1 Å². The molecule has 1 aliphatic rings. The van der Waals surface area contributed by atoms with Gasteiger partial charge in [-0.05, 0) is 86.3 Å². The highest BCUT2D eigenvalue weighted by molar-refractivity contribution is 9.10. The summed E-state index contributed by atoms with van der Waals surface area (Å²) >= 11 is 3.46. The molecule has 1 amide bonds. The van der Waals surface area contributed by atoms with Crippen LogP contribution in [-0.2, 0) is 21.2 Å². The molecule has 0 saturated heterocycles. The fraction of sp³-hybridized carbons (Fsp3) is 0.240. The predicted octanol–water partition coefficient (Wildman–Crippen LogP) is 5.22. The number of hydrogen-bond acceptors (Lipinski definition) is 4. The summed E-state index contributed by atoms with van der Waals surface area (Å²) in [6.07, 6.45) is -0.0354. The Morgan fingerprint density at radius 1 is 1.06 bits per heavy atom. The smallest absolute Gasteiger partial charge is 0.265 e. The highest BCUT2D eigenvalue weighted by Gasteiger charge is 2.30. The van der Waals surface area contributed by atoms with Crippen molar-refractivity contribution in [3.63, 3.8) is 0 Å². The molecule has 0 aromatic heterocycles. The number of nitrogens with one attached hydrogen (secondary N) is 1. The molecule has 1 aliphatic heterocycles. The highest BCUT2D eigenvalue weighted by Crippen LogP contribution is 2.33. The third-order valence-corrected chi connectivity index (χ3v) is 7.93. The number of amides is 1. The van der Waals surface area contributed by atoms with Crippen LogP contribution in [-0.4, -0.2) is 27.0 Å². The summed E-state index contributed by atoms with van der Waals surface area (Å²) in [5, 5.41) is 2.79. The third-order valence-electron chi connectivity index (χ3n) is 5.64. The number of fused-ring (bicyclic) bond motifs is 1. The van der Waals surface area contributed by atoms with E-state index in [-0.39, 0.29) is 10.8 Å². The number of para-hydroxylation sites is 1. The van der Waals surface area contributed by atoms with Gasteiger partial charge in [0, 0.05) is 16.7 Å². The lowest BCUT2D eigenvalue weighted by molar-refractivity contribution is -0.122. The molecule has 1 N–H and O–H groups in total. The first kappa shape index (κ1) is 23.3. The van der Waals surface area contributed by atoms with Gasteiger partial charge in [-0.25, -0.2) is 8.42 Å². The van der Waals surface area contributed by atoms with E-state index in [0.717, 1.165) is 26.9 Å². The van der Waals surface area contributed by atoms with Crippen molar-refractivity contribution in [2.75, 3.05) is 16.2 Å². The van der Waals surface area contributed by atoms with Gasteiger partial charge < -0.3 is 10.1 Å². The lowest BCUT2D eigenvalue weighted by atomic mass is 10.1. The number of sulfonamides is 1. The molecule has 4 rings (SSSR count). The van der Waals surface area contributed by atoms with Crippen molar-refractivity contribution in [1.82, 2.24) is 0 Å². The monoisotopic (exact) mass is 528 g/mol. The van der Waals surface area contributed by atoms with Crippen LogP contribution in [0.3, 0.4) is 0 Å². The normalized spacial score (nSPS) is 14.0. The van der Waals surface area contributed by atoms with Crippen LogP contribution >= 0.6 is 15.9 Å². The Labute approximate surface area is 202 Å². The van der Waals surface area contributed by atoms with E-state index in [0.29, 0.717) is 24.4 Å². The SMILES string of the molecule is Cc1cc(Br)cc(C)c1OC(C)C(=O)Nc1ccc(S(=O)(=O)N2CCc3ccccc32)cc1. The standard InChI is InChI=1S/C25H25BrN2O4S/c1-16-14-20(26)15-17(2)24(16)32-18(3)25(29)27-21-8-10-22(11-9-21)33(30,31)28-13-12-19-6-4-5-7-23(19)28/h4-11,14-15,18H,12-13H2,1-3H3,(H,27,29). The molecule has 3 aromatic carbocycles. The van der Waals surface area contributed by atoms with Gasteiger partial charge >= 0.3 is 0 Å². The fourth-order valence-electron chi connectivity index (χ4n) is 3.95. The van der Waals surface area contributed by atoms with Gasteiger partial charge in [0.1, 0.15) is 5.75 Å². The molecular weight excluding hydrogens is 504 g/mol. The molecule has 6 nitrogen and oxygen atoms in total. The topological polar surface area (TPSA) is 75.7 Å². The Morgan fingerprint density at radius 2 is 1.70 bits per heavy atom. The number of carbonyl (C=O) groups excluding carboxylic acids is 1. The molecular formula is C25H25BrN2O4S. The second kappa shape index (κ2) is 9.19. The van der Waals surface area contributed by atoms with Gasteiger partial charge in [-0.1, -0.05) is 34.1 Å². The van der Waals surface area contributed by atoms with E-state index in [2.05, 4.69) is 21.2 Å². The van der Waals surface area contributed by atoms with Gasteiger partial charge in [0.05, 0.1) is 10.6 Å². The van der Waals surface area contributed by atoms with Crippen molar-refractivity contribution in [2.24, 2.45) is 0 Å². The third kappa shape index (κ3) is 4.77. The Hall–Kier alpha value is -2.84. The highest BCUT2D eigenvalue weighted by atomic mass is 79.9. The van der Waals surface area contributed by atoms with Gasteiger partial charge in [0.15, 0.2) is 6.10 Å². The molecule has 0 spiro atoms. The summed E-state index contributed by atoms with van der Waals surface area (Å²) < 4.78 is 34.6. The van der Waals surface area contributed by atoms with Crippen LogP contribution in [0.15, 0.2) is 70.0 Å². The summed E-state index contributed by atoms with van der Waals surface area (Å²) in [6.45, 7) is 5.95. The molecule has 3 aromatic rings. The zero-order valence-corrected chi connectivity index (χ0v) is 21.0. The summed E-state index contributed by atoms with van der Waals surface area (Å²) in [5.41, 5.74) is 4.11. The average Bonchev–Trinajstić information content (AvgIpc) is 3.21. The number of rotatable bonds is 6. The van der Waals surface area contributed by atoms with Crippen LogP contribution in [0.2, 0.25) is 0 Å². The number of nitrogens with zero attached hydrogens (tertiary/aromatic N) is 1. The van der Waals surface area contributed by atoms with E-state index in [9.17, 15) is 13.2 Å². The minimum Gasteiger partial charge on any atom is -0.480 e. The fourth-order valence-corrected chi connectivity index (χ4v) is 6.14. The number of anilines is 2. The summed E-state index contributed by atoms with van der Waals surface area (Å²) in [6, 6.07) is 17.6. The second-order valence-electron chi connectivity index (χ2n) is 8.10.